The minimum absolute atomic E-state index is 0.0253. The van der Waals surface area contributed by atoms with Gasteiger partial charge in [0.1, 0.15) is 11.3 Å². The number of nitrogens with zero attached hydrogens (tertiary/aromatic N) is 2. The number of rotatable bonds is 14. The number of ether oxygens (including phenoxy) is 1. The Kier molecular flexibility index (Phi) is 10.4. The van der Waals surface area contributed by atoms with E-state index in [0.29, 0.717) is 23.3 Å². The minimum atomic E-state index is -4.04. The molecule has 0 radical (unpaired) electrons. The number of sulfonamides is 1. The molecule has 0 saturated carbocycles. The summed E-state index contributed by atoms with van der Waals surface area (Å²) in [6.45, 7) is 7.31. The zero-order valence-corrected chi connectivity index (χ0v) is 26.0. The van der Waals surface area contributed by atoms with E-state index in [0.717, 1.165) is 16.7 Å². The molecule has 0 aliphatic carbocycles. The standard InChI is InChI=1S/C32H40N4O6S/c1-21(2)18-36(43(39,40)25-14-15-26-29(17-25)42-32(33-5)35-26)19-28(37)27(16-24-12-7-6-8-13-24)34-30(38)20-41-31-22(3)10-9-11-23(31)4/h6-15,17,21,27-28,37H,16,18-20H2,1-5H3,(H,33,35)(H,34,38)/t27-,28+/m0/s1. The van der Waals surface area contributed by atoms with Gasteiger partial charge >= 0.3 is 0 Å². The highest BCUT2D eigenvalue weighted by molar-refractivity contribution is 7.89. The molecule has 2 atom stereocenters. The number of para-hydroxylation sites is 1. The van der Waals surface area contributed by atoms with Crippen LogP contribution in [0.3, 0.4) is 0 Å². The largest absolute Gasteiger partial charge is 0.483 e. The summed E-state index contributed by atoms with van der Waals surface area (Å²) in [6, 6.07) is 19.2. The number of hydrogen-bond donors (Lipinski definition) is 3. The van der Waals surface area contributed by atoms with Gasteiger partial charge in [-0.05, 0) is 55.0 Å². The monoisotopic (exact) mass is 608 g/mol. The zero-order valence-electron chi connectivity index (χ0n) is 25.2. The molecule has 1 aromatic heterocycles. The van der Waals surface area contributed by atoms with Gasteiger partial charge in [0.25, 0.3) is 11.9 Å². The molecule has 4 aromatic rings. The number of oxazole rings is 1. The molecule has 0 unspecified atom stereocenters. The van der Waals surface area contributed by atoms with Gasteiger partial charge in [0, 0.05) is 26.2 Å². The van der Waals surface area contributed by atoms with Crippen molar-refractivity contribution in [3.63, 3.8) is 0 Å². The van der Waals surface area contributed by atoms with Gasteiger partial charge in [-0.25, -0.2) is 8.42 Å². The fourth-order valence-electron chi connectivity index (χ4n) is 4.90. The number of amides is 1. The Balaban J connectivity index is 1.56. The van der Waals surface area contributed by atoms with Crippen molar-refractivity contribution < 1.29 is 27.5 Å². The third-order valence-electron chi connectivity index (χ3n) is 7.04. The fraction of sp³-hybridized carbons (Fsp3) is 0.375. The van der Waals surface area contributed by atoms with Crippen LogP contribution in [0.25, 0.3) is 11.1 Å². The third-order valence-corrected chi connectivity index (χ3v) is 8.86. The maximum absolute atomic E-state index is 13.9. The molecule has 230 valence electrons. The number of aliphatic hydroxyl groups excluding tert-OH is 1. The highest BCUT2D eigenvalue weighted by atomic mass is 32.2. The fourth-order valence-corrected chi connectivity index (χ4v) is 6.54. The van der Waals surface area contributed by atoms with E-state index in [4.69, 9.17) is 9.15 Å². The predicted octanol–water partition coefficient (Wildman–Crippen LogP) is 4.30. The van der Waals surface area contributed by atoms with Gasteiger partial charge in [0.2, 0.25) is 10.0 Å². The molecule has 11 heteroatoms. The lowest BCUT2D eigenvalue weighted by molar-refractivity contribution is -0.124. The first-order valence-corrected chi connectivity index (χ1v) is 15.7. The number of fused-ring (bicyclic) bond motifs is 1. The van der Waals surface area contributed by atoms with Crippen LogP contribution in [-0.4, -0.2) is 67.6 Å². The molecule has 0 saturated heterocycles. The molecule has 0 spiro atoms. The minimum Gasteiger partial charge on any atom is -0.483 e. The quantitative estimate of drug-likeness (QED) is 0.193. The number of aryl methyl sites for hydroxylation is 2. The second kappa shape index (κ2) is 14.0. The van der Waals surface area contributed by atoms with Crippen molar-refractivity contribution in [1.29, 1.82) is 0 Å². The first kappa shape index (κ1) is 32.0. The van der Waals surface area contributed by atoms with Crippen molar-refractivity contribution in [2.45, 2.75) is 51.2 Å². The van der Waals surface area contributed by atoms with Crippen molar-refractivity contribution >= 4 is 33.0 Å². The molecule has 43 heavy (non-hydrogen) atoms. The first-order chi connectivity index (χ1) is 20.5. The van der Waals surface area contributed by atoms with Crippen LogP contribution >= 0.6 is 0 Å². The predicted molar refractivity (Wildman–Crippen MR) is 167 cm³/mol. The van der Waals surface area contributed by atoms with Crippen molar-refractivity contribution in [2.75, 3.05) is 32.1 Å². The summed E-state index contributed by atoms with van der Waals surface area (Å²) in [4.78, 5) is 17.4. The van der Waals surface area contributed by atoms with E-state index in [1.54, 1.807) is 13.1 Å². The number of benzene rings is 3. The molecular formula is C32H40N4O6S. The van der Waals surface area contributed by atoms with E-state index in [1.165, 1.54) is 16.4 Å². The molecule has 4 rings (SSSR count). The zero-order chi connectivity index (χ0) is 31.1. The molecule has 0 bridgehead atoms. The van der Waals surface area contributed by atoms with Crippen molar-refractivity contribution in [3.05, 3.63) is 83.4 Å². The summed E-state index contributed by atoms with van der Waals surface area (Å²) in [6.07, 6.45) is -0.924. The van der Waals surface area contributed by atoms with Crippen LogP contribution < -0.4 is 15.4 Å². The molecule has 3 N–H and O–H groups in total. The Morgan fingerprint density at radius 3 is 2.37 bits per heavy atom. The maximum atomic E-state index is 13.9. The Morgan fingerprint density at radius 1 is 1.02 bits per heavy atom. The number of carbonyl (C=O) groups is 1. The Bertz CT molecular complexity index is 1620. The number of hydrogen-bond acceptors (Lipinski definition) is 8. The second-order valence-corrected chi connectivity index (χ2v) is 13.0. The number of carbonyl (C=O) groups excluding carboxylic acids is 1. The number of anilines is 1. The van der Waals surface area contributed by atoms with Crippen LogP contribution in [0.15, 0.2) is 76.0 Å². The number of nitrogens with one attached hydrogen (secondary N) is 2. The van der Waals surface area contributed by atoms with Gasteiger partial charge in [-0.2, -0.15) is 9.29 Å². The van der Waals surface area contributed by atoms with Crippen LogP contribution in [0.1, 0.15) is 30.5 Å². The van der Waals surface area contributed by atoms with Gasteiger partial charge < -0.3 is 24.9 Å². The van der Waals surface area contributed by atoms with E-state index < -0.39 is 28.1 Å². The third kappa shape index (κ3) is 8.13. The number of aliphatic hydroxyl groups is 1. The van der Waals surface area contributed by atoms with Crippen LogP contribution in [0.5, 0.6) is 5.75 Å². The molecule has 0 fully saturated rings. The Labute approximate surface area is 253 Å². The van der Waals surface area contributed by atoms with E-state index >= 15 is 0 Å². The lowest BCUT2D eigenvalue weighted by atomic mass is 10.0. The Morgan fingerprint density at radius 2 is 1.72 bits per heavy atom. The van der Waals surface area contributed by atoms with Crippen LogP contribution in [0, 0.1) is 19.8 Å². The first-order valence-electron chi connectivity index (χ1n) is 14.3. The van der Waals surface area contributed by atoms with Crippen molar-refractivity contribution in [2.24, 2.45) is 5.92 Å². The van der Waals surface area contributed by atoms with Gasteiger partial charge in [-0.3, -0.25) is 4.79 Å². The SMILES string of the molecule is CNc1nc2ccc(S(=O)(=O)N(CC(C)C)C[C@@H](O)[C@H](Cc3ccccc3)NC(=O)COc3c(C)cccc3C)cc2o1. The summed E-state index contributed by atoms with van der Waals surface area (Å²) in [5, 5.41) is 17.2. The molecule has 0 aliphatic heterocycles. The average Bonchev–Trinajstić information content (AvgIpc) is 3.39. The summed E-state index contributed by atoms with van der Waals surface area (Å²) >= 11 is 0. The average molecular weight is 609 g/mol. The molecular weight excluding hydrogens is 568 g/mol. The van der Waals surface area contributed by atoms with Gasteiger partial charge in [0.05, 0.1) is 17.0 Å². The second-order valence-electron chi connectivity index (χ2n) is 11.1. The highest BCUT2D eigenvalue weighted by Crippen LogP contribution is 2.26. The van der Waals surface area contributed by atoms with Gasteiger partial charge in [0.15, 0.2) is 12.2 Å². The van der Waals surface area contributed by atoms with Crippen molar-refractivity contribution in [1.82, 2.24) is 14.6 Å². The highest BCUT2D eigenvalue weighted by Gasteiger charge is 2.32. The van der Waals surface area contributed by atoms with E-state index in [2.05, 4.69) is 15.6 Å². The molecule has 0 aliphatic rings. The summed E-state index contributed by atoms with van der Waals surface area (Å²) < 4.78 is 40.5. The topological polar surface area (TPSA) is 134 Å². The normalized spacial score (nSPS) is 13.3. The van der Waals surface area contributed by atoms with Gasteiger partial charge in [-0.15, -0.1) is 0 Å². The number of aromatic nitrogens is 1. The van der Waals surface area contributed by atoms with E-state index in [-0.39, 0.29) is 36.5 Å². The summed E-state index contributed by atoms with van der Waals surface area (Å²) in [5.41, 5.74) is 3.56. The molecule has 1 heterocycles. The van der Waals surface area contributed by atoms with Crippen molar-refractivity contribution in [3.8, 4) is 5.75 Å². The van der Waals surface area contributed by atoms with E-state index in [1.807, 2.05) is 76.2 Å². The van der Waals surface area contributed by atoms with E-state index in [9.17, 15) is 18.3 Å². The lowest BCUT2D eigenvalue weighted by Gasteiger charge is -2.30. The smallest absolute Gasteiger partial charge is 0.295 e. The van der Waals surface area contributed by atoms with Crippen LogP contribution in [-0.2, 0) is 21.2 Å². The Hall–Kier alpha value is -3.93. The molecule has 10 nitrogen and oxygen atoms in total. The summed E-state index contributed by atoms with van der Waals surface area (Å²) in [5.74, 6) is 0.189. The summed E-state index contributed by atoms with van der Waals surface area (Å²) in [7, 11) is -2.38. The molecule has 1 amide bonds. The molecule has 3 aromatic carbocycles. The van der Waals surface area contributed by atoms with Gasteiger partial charge in [-0.1, -0.05) is 62.4 Å². The lowest BCUT2D eigenvalue weighted by Crippen LogP contribution is -2.52. The van der Waals surface area contributed by atoms with Crippen LogP contribution in [0.4, 0.5) is 6.01 Å². The van der Waals surface area contributed by atoms with Crippen LogP contribution in [0.2, 0.25) is 0 Å². The maximum Gasteiger partial charge on any atom is 0.295 e.